The topological polar surface area (TPSA) is 66.8 Å². The van der Waals surface area contributed by atoms with Gasteiger partial charge >= 0.3 is 5.97 Å². The summed E-state index contributed by atoms with van der Waals surface area (Å²) in [4.78, 5) is 12.7. The average molecular weight is 533 g/mol. The van der Waals surface area contributed by atoms with Crippen LogP contribution >= 0.6 is 0 Å². The lowest BCUT2D eigenvalue weighted by Gasteiger charge is -2.57. The molecule has 1 unspecified atom stereocenters. The van der Waals surface area contributed by atoms with E-state index in [1.54, 1.807) is 0 Å². The summed E-state index contributed by atoms with van der Waals surface area (Å²) in [5.41, 5.74) is 6.02. The molecule has 0 heterocycles. The molecule has 8 rings (SSSR count). The largest absolute Gasteiger partial charge is 0.457 e. The third-order valence-corrected chi connectivity index (χ3v) is 9.82. The molecule has 0 amide bonds. The molecule has 1 atom stereocenters. The summed E-state index contributed by atoms with van der Waals surface area (Å²) >= 11 is 0. The molecule has 4 aliphatic carbocycles. The van der Waals surface area contributed by atoms with Crippen LogP contribution in [-0.4, -0.2) is 22.8 Å². The fraction of sp³-hybridized carbons (Fsp3) is 0.361. The molecule has 4 aliphatic rings. The Morgan fingerprint density at radius 1 is 0.800 bits per heavy atom. The monoisotopic (exact) mass is 532 g/mol. The maximum atomic E-state index is 12.7. The Hall–Kier alpha value is -3.47. The van der Waals surface area contributed by atoms with E-state index in [0.717, 1.165) is 50.8 Å². The van der Waals surface area contributed by atoms with Crippen molar-refractivity contribution in [2.45, 2.75) is 56.7 Å². The molecule has 204 valence electrons. The predicted octanol–water partition coefficient (Wildman–Crippen LogP) is 7.36. The van der Waals surface area contributed by atoms with Gasteiger partial charge in [-0.1, -0.05) is 66.7 Å². The Kier molecular flexibility index (Phi) is 6.48. The van der Waals surface area contributed by atoms with Crippen LogP contribution in [0.3, 0.4) is 0 Å². The molecule has 4 nitrogen and oxygen atoms in total. The number of rotatable bonds is 7. The zero-order chi connectivity index (χ0) is 27.3. The molecule has 4 saturated carbocycles. The van der Waals surface area contributed by atoms with Gasteiger partial charge in [-0.25, -0.2) is 4.79 Å². The molecule has 40 heavy (non-hydrogen) atoms. The molecular formula is C36H36O4. The third kappa shape index (κ3) is 4.63. The number of benzene rings is 4. The van der Waals surface area contributed by atoms with Crippen molar-refractivity contribution in [1.82, 2.24) is 0 Å². The van der Waals surface area contributed by atoms with E-state index >= 15 is 0 Å². The van der Waals surface area contributed by atoms with Crippen LogP contribution in [0.15, 0.2) is 84.9 Å². The maximum absolute atomic E-state index is 12.7. The van der Waals surface area contributed by atoms with E-state index in [-0.39, 0.29) is 24.6 Å². The Balaban J connectivity index is 1.19. The fourth-order valence-corrected chi connectivity index (χ4v) is 8.38. The fourth-order valence-electron chi connectivity index (χ4n) is 8.38. The lowest BCUT2D eigenvalue weighted by Crippen LogP contribution is -2.49. The SMILES string of the molecule is O=C(OCc1ccccc1)c1ccc2cc(-c3ccc(C(O)CO)c(C45CC6CC(CC(C6)C4)C5)c3)ccc2c1. The quantitative estimate of drug-likeness (QED) is 0.244. The molecule has 4 aromatic rings. The lowest BCUT2D eigenvalue weighted by molar-refractivity contribution is -0.00727. The van der Waals surface area contributed by atoms with Crippen LogP contribution in [0, 0.1) is 17.8 Å². The van der Waals surface area contributed by atoms with Crippen LogP contribution in [0.4, 0.5) is 0 Å². The van der Waals surface area contributed by atoms with Gasteiger partial charge in [0.15, 0.2) is 0 Å². The van der Waals surface area contributed by atoms with Crippen molar-refractivity contribution < 1.29 is 19.7 Å². The predicted molar refractivity (Wildman–Crippen MR) is 157 cm³/mol. The van der Waals surface area contributed by atoms with E-state index in [9.17, 15) is 15.0 Å². The summed E-state index contributed by atoms with van der Waals surface area (Å²) in [7, 11) is 0. The zero-order valence-corrected chi connectivity index (χ0v) is 22.8. The minimum Gasteiger partial charge on any atom is -0.457 e. The normalized spacial score (nSPS) is 25.7. The number of hydrogen-bond acceptors (Lipinski definition) is 4. The number of aliphatic hydroxyl groups excluding tert-OH is 2. The van der Waals surface area contributed by atoms with Gasteiger partial charge in [0, 0.05) is 0 Å². The number of ether oxygens (including phenoxy) is 1. The number of esters is 1. The standard InChI is InChI=1S/C36H36O4/c37-21-34(38)32-11-10-30(17-33(32)36-18-24-12-25(19-36)14-26(13-24)20-36)28-6-7-29-16-31(9-8-27(29)15-28)35(39)40-22-23-4-2-1-3-5-23/h1-11,15-17,24-26,34,37-38H,12-14,18-22H2. The number of carbonyl (C=O) groups is 1. The molecule has 4 bridgehead atoms. The third-order valence-electron chi connectivity index (χ3n) is 9.82. The second-order valence-electron chi connectivity index (χ2n) is 12.5. The lowest BCUT2D eigenvalue weighted by atomic mass is 9.47. The second kappa shape index (κ2) is 10.2. The van der Waals surface area contributed by atoms with Gasteiger partial charge in [0.05, 0.1) is 12.2 Å². The zero-order valence-electron chi connectivity index (χ0n) is 22.8. The van der Waals surface area contributed by atoms with Crippen molar-refractivity contribution in [1.29, 1.82) is 0 Å². The minimum absolute atomic E-state index is 0.113. The van der Waals surface area contributed by atoms with Gasteiger partial charge < -0.3 is 14.9 Å². The number of hydrogen-bond donors (Lipinski definition) is 2. The summed E-state index contributed by atoms with van der Waals surface area (Å²) in [5, 5.41) is 22.7. The van der Waals surface area contributed by atoms with E-state index in [1.165, 1.54) is 44.1 Å². The van der Waals surface area contributed by atoms with Crippen LogP contribution in [0.1, 0.15) is 71.7 Å². The van der Waals surface area contributed by atoms with Crippen molar-refractivity contribution in [2.24, 2.45) is 17.8 Å². The van der Waals surface area contributed by atoms with Gasteiger partial charge in [0.1, 0.15) is 12.7 Å². The minimum atomic E-state index is -0.853. The highest BCUT2D eigenvalue weighted by Crippen LogP contribution is 2.61. The Morgan fingerprint density at radius 2 is 1.43 bits per heavy atom. The summed E-state index contributed by atoms with van der Waals surface area (Å²) in [6, 6.07) is 28.2. The molecule has 0 saturated heterocycles. The molecule has 0 aromatic heterocycles. The highest BCUT2D eigenvalue weighted by Gasteiger charge is 2.52. The van der Waals surface area contributed by atoms with Gasteiger partial charge in [-0.3, -0.25) is 0 Å². The van der Waals surface area contributed by atoms with Crippen molar-refractivity contribution >= 4 is 16.7 Å². The van der Waals surface area contributed by atoms with Gasteiger partial charge in [-0.2, -0.15) is 0 Å². The van der Waals surface area contributed by atoms with Crippen LogP contribution in [0.2, 0.25) is 0 Å². The van der Waals surface area contributed by atoms with Gasteiger partial charge in [0.2, 0.25) is 0 Å². The van der Waals surface area contributed by atoms with Crippen LogP contribution in [0.5, 0.6) is 0 Å². The molecule has 4 fully saturated rings. The first-order valence-corrected chi connectivity index (χ1v) is 14.7. The molecule has 2 N–H and O–H groups in total. The summed E-state index contributed by atoms with van der Waals surface area (Å²) in [6.45, 7) is -0.00547. The van der Waals surface area contributed by atoms with Crippen molar-refractivity contribution in [3.8, 4) is 11.1 Å². The van der Waals surface area contributed by atoms with Crippen molar-refractivity contribution in [3.05, 3.63) is 107 Å². The molecule has 0 radical (unpaired) electrons. The van der Waals surface area contributed by atoms with E-state index in [1.807, 2.05) is 54.6 Å². The smallest absolute Gasteiger partial charge is 0.338 e. The van der Waals surface area contributed by atoms with Gasteiger partial charge in [-0.05, 0) is 118 Å². The Morgan fingerprint density at radius 3 is 2.12 bits per heavy atom. The second-order valence-corrected chi connectivity index (χ2v) is 12.5. The molecule has 0 spiro atoms. The summed E-state index contributed by atoms with van der Waals surface area (Å²) < 4.78 is 5.53. The van der Waals surface area contributed by atoms with Gasteiger partial charge in [0.25, 0.3) is 0 Å². The first kappa shape index (κ1) is 25.5. The van der Waals surface area contributed by atoms with Crippen LogP contribution < -0.4 is 0 Å². The van der Waals surface area contributed by atoms with Gasteiger partial charge in [-0.15, -0.1) is 0 Å². The van der Waals surface area contributed by atoms with Crippen LogP contribution in [0.25, 0.3) is 21.9 Å². The molecule has 4 heteroatoms. The highest BCUT2D eigenvalue weighted by atomic mass is 16.5. The highest BCUT2D eigenvalue weighted by molar-refractivity contribution is 5.96. The van der Waals surface area contributed by atoms with Crippen LogP contribution in [-0.2, 0) is 16.8 Å². The van der Waals surface area contributed by atoms with E-state index < -0.39 is 6.10 Å². The molecule has 0 aliphatic heterocycles. The first-order chi connectivity index (χ1) is 19.5. The Bertz CT molecular complexity index is 1520. The Labute approximate surface area is 235 Å². The van der Waals surface area contributed by atoms with E-state index in [0.29, 0.717) is 5.56 Å². The molecular weight excluding hydrogens is 496 g/mol. The molecule has 4 aromatic carbocycles. The van der Waals surface area contributed by atoms with Crippen molar-refractivity contribution in [2.75, 3.05) is 6.61 Å². The number of carbonyl (C=O) groups excluding carboxylic acids is 1. The van der Waals surface area contributed by atoms with E-state index in [4.69, 9.17) is 4.74 Å². The number of fused-ring (bicyclic) bond motifs is 1. The first-order valence-electron chi connectivity index (χ1n) is 14.7. The van der Waals surface area contributed by atoms with E-state index in [2.05, 4.69) is 30.3 Å². The number of aliphatic hydroxyl groups is 2. The maximum Gasteiger partial charge on any atom is 0.338 e. The summed E-state index contributed by atoms with van der Waals surface area (Å²) in [5.74, 6) is 2.06. The average Bonchev–Trinajstić information content (AvgIpc) is 2.98. The van der Waals surface area contributed by atoms with Crippen molar-refractivity contribution in [3.63, 3.8) is 0 Å². The summed E-state index contributed by atoms with van der Waals surface area (Å²) in [6.07, 6.45) is 6.85.